The molecule has 0 radical (unpaired) electrons. The Morgan fingerprint density at radius 2 is 2.00 bits per heavy atom. The minimum atomic E-state index is -5.73. The predicted octanol–water partition coefficient (Wildman–Crippen LogP) is 4.31. The number of halogens is 3. The molecule has 0 fully saturated rings. The molecule has 0 aliphatic heterocycles. The van der Waals surface area contributed by atoms with Crippen LogP contribution in [0.15, 0.2) is 48.1 Å². The summed E-state index contributed by atoms with van der Waals surface area (Å²) >= 11 is 0. The molecule has 2 aliphatic carbocycles. The molecule has 1 aromatic carbocycles. The third kappa shape index (κ3) is 4.72. The SMILES string of the molecule is CCOC(=O)CC1C=CC2=C(C1)c1ccc(OS(=O)(=O)C(F)(F)F)cc1CC=C2. The molecule has 2 aliphatic rings. The number of alkyl halides is 3. The lowest BCUT2D eigenvalue weighted by Crippen LogP contribution is -2.28. The van der Waals surface area contributed by atoms with Crippen molar-refractivity contribution in [2.24, 2.45) is 5.92 Å². The summed E-state index contributed by atoms with van der Waals surface area (Å²) in [6.45, 7) is 2.04. The Morgan fingerprint density at radius 3 is 2.69 bits per heavy atom. The zero-order valence-electron chi connectivity index (χ0n) is 15.5. The highest BCUT2D eigenvalue weighted by Crippen LogP contribution is 2.39. The van der Waals surface area contributed by atoms with E-state index in [1.165, 1.54) is 12.1 Å². The molecule has 1 atom stereocenters. The molecule has 1 unspecified atom stereocenters. The first-order valence-electron chi connectivity index (χ1n) is 8.98. The molecule has 0 saturated carbocycles. The minimum Gasteiger partial charge on any atom is -0.466 e. The average Bonchev–Trinajstić information content (AvgIpc) is 2.79. The van der Waals surface area contributed by atoms with Crippen LogP contribution in [0.4, 0.5) is 13.2 Å². The molecule has 0 aromatic heterocycles. The van der Waals surface area contributed by atoms with Crippen LogP contribution >= 0.6 is 0 Å². The highest BCUT2D eigenvalue weighted by Gasteiger charge is 2.48. The first-order valence-corrected chi connectivity index (χ1v) is 10.4. The Balaban J connectivity index is 1.87. The number of benzene rings is 1. The van der Waals surface area contributed by atoms with Gasteiger partial charge >= 0.3 is 21.6 Å². The number of esters is 1. The van der Waals surface area contributed by atoms with Gasteiger partial charge in [0.2, 0.25) is 0 Å². The van der Waals surface area contributed by atoms with Crippen molar-refractivity contribution in [1.82, 2.24) is 0 Å². The minimum absolute atomic E-state index is 0.0614. The standard InChI is InChI=1S/C20H19F3O5S/c1-2-27-19(24)11-13-6-7-14-4-3-5-15-12-16(8-9-17(15)18(14)10-13)28-29(25,26)20(21,22)23/h3-4,6-9,12-13H,2,5,10-11H2,1H3. The predicted molar refractivity (Wildman–Crippen MR) is 100 cm³/mol. The summed E-state index contributed by atoms with van der Waals surface area (Å²) in [6, 6.07) is 4.06. The van der Waals surface area contributed by atoms with Crippen LogP contribution in [0, 0.1) is 5.92 Å². The highest BCUT2D eigenvalue weighted by atomic mass is 32.2. The van der Waals surface area contributed by atoms with Crippen molar-refractivity contribution in [3.05, 3.63) is 59.2 Å². The van der Waals surface area contributed by atoms with Crippen LogP contribution in [0.25, 0.3) is 5.57 Å². The summed E-state index contributed by atoms with van der Waals surface area (Å²) < 4.78 is 69.5. The molecule has 5 nitrogen and oxygen atoms in total. The Kier molecular flexibility index (Phi) is 5.88. The van der Waals surface area contributed by atoms with E-state index in [0.29, 0.717) is 25.0 Å². The smallest absolute Gasteiger partial charge is 0.466 e. The van der Waals surface area contributed by atoms with Crippen molar-refractivity contribution in [2.45, 2.75) is 31.7 Å². The maximum Gasteiger partial charge on any atom is 0.534 e. The number of ether oxygens (including phenoxy) is 1. The van der Waals surface area contributed by atoms with Gasteiger partial charge < -0.3 is 8.92 Å². The highest BCUT2D eigenvalue weighted by molar-refractivity contribution is 7.88. The molecular weight excluding hydrogens is 409 g/mol. The van der Waals surface area contributed by atoms with Gasteiger partial charge in [0.1, 0.15) is 5.75 Å². The number of allylic oxidation sites excluding steroid dienone is 6. The summed E-state index contributed by atoms with van der Waals surface area (Å²) in [7, 11) is -5.73. The van der Waals surface area contributed by atoms with Gasteiger partial charge in [-0.3, -0.25) is 4.79 Å². The second kappa shape index (κ2) is 8.06. The third-order valence-electron chi connectivity index (χ3n) is 4.62. The summed E-state index contributed by atoms with van der Waals surface area (Å²) in [5.41, 5.74) is -2.17. The summed E-state index contributed by atoms with van der Waals surface area (Å²) in [6.07, 6.45) is 8.79. The normalized spacial score (nSPS) is 18.7. The Hall–Kier alpha value is -2.55. The van der Waals surface area contributed by atoms with Crippen LogP contribution in [-0.4, -0.2) is 26.5 Å². The fourth-order valence-electron chi connectivity index (χ4n) is 3.36. The quantitative estimate of drug-likeness (QED) is 0.397. The Labute approximate surface area is 166 Å². The van der Waals surface area contributed by atoms with Crippen molar-refractivity contribution in [2.75, 3.05) is 6.61 Å². The van der Waals surface area contributed by atoms with Gasteiger partial charge in [-0.05, 0) is 60.1 Å². The van der Waals surface area contributed by atoms with E-state index in [-0.39, 0.29) is 18.3 Å². The summed E-state index contributed by atoms with van der Waals surface area (Å²) in [5, 5.41) is 0. The zero-order valence-corrected chi connectivity index (χ0v) is 16.3. The van der Waals surface area contributed by atoms with Gasteiger partial charge in [-0.15, -0.1) is 0 Å². The number of hydrogen-bond acceptors (Lipinski definition) is 5. The van der Waals surface area contributed by atoms with Gasteiger partial charge in [0.05, 0.1) is 13.0 Å². The maximum absolute atomic E-state index is 12.6. The molecule has 1 aromatic rings. The first-order chi connectivity index (χ1) is 13.6. The lowest BCUT2D eigenvalue weighted by Gasteiger charge is -2.22. The van der Waals surface area contributed by atoms with E-state index in [2.05, 4.69) is 4.18 Å². The first kappa shape index (κ1) is 21.2. The number of carbonyl (C=O) groups excluding carboxylic acids is 1. The van der Waals surface area contributed by atoms with Crippen LogP contribution < -0.4 is 4.18 Å². The summed E-state index contributed by atoms with van der Waals surface area (Å²) in [4.78, 5) is 11.8. The number of fused-ring (bicyclic) bond motifs is 2. The van der Waals surface area contributed by atoms with Crippen LogP contribution in [0.1, 0.15) is 30.9 Å². The van der Waals surface area contributed by atoms with E-state index < -0.39 is 21.4 Å². The van der Waals surface area contributed by atoms with E-state index in [9.17, 15) is 26.4 Å². The second-order valence-electron chi connectivity index (χ2n) is 6.68. The van der Waals surface area contributed by atoms with Crippen LogP contribution in [0.2, 0.25) is 0 Å². The molecule has 29 heavy (non-hydrogen) atoms. The van der Waals surface area contributed by atoms with Crippen molar-refractivity contribution < 1.29 is 35.3 Å². The Morgan fingerprint density at radius 1 is 1.24 bits per heavy atom. The monoisotopic (exact) mass is 428 g/mol. The van der Waals surface area contributed by atoms with Crippen LogP contribution in [0.3, 0.4) is 0 Å². The number of hydrogen-bond donors (Lipinski definition) is 0. The van der Waals surface area contributed by atoms with Crippen molar-refractivity contribution >= 4 is 21.7 Å². The molecule has 0 bridgehead atoms. The van der Waals surface area contributed by atoms with E-state index in [4.69, 9.17) is 4.74 Å². The van der Waals surface area contributed by atoms with Crippen molar-refractivity contribution in [3.63, 3.8) is 0 Å². The molecule has 0 spiro atoms. The van der Waals surface area contributed by atoms with Gasteiger partial charge in [-0.2, -0.15) is 21.6 Å². The fraction of sp³-hybridized carbons (Fsp3) is 0.350. The van der Waals surface area contributed by atoms with Gasteiger partial charge in [-0.25, -0.2) is 0 Å². The Bertz CT molecular complexity index is 1000. The van der Waals surface area contributed by atoms with Crippen LogP contribution in [0.5, 0.6) is 5.75 Å². The molecule has 0 N–H and O–H groups in total. The molecule has 9 heteroatoms. The zero-order chi connectivity index (χ0) is 21.2. The molecule has 0 heterocycles. The molecule has 3 rings (SSSR count). The van der Waals surface area contributed by atoms with Crippen molar-refractivity contribution in [3.8, 4) is 5.75 Å². The molecular formula is C20H19F3O5S. The number of rotatable bonds is 5. The third-order valence-corrected chi connectivity index (χ3v) is 5.60. The van der Waals surface area contributed by atoms with Gasteiger partial charge in [0, 0.05) is 0 Å². The maximum atomic E-state index is 12.6. The van der Waals surface area contributed by atoms with E-state index in [1.807, 2.05) is 24.3 Å². The fourth-order valence-corrected chi connectivity index (χ4v) is 3.81. The van der Waals surface area contributed by atoms with E-state index in [0.717, 1.165) is 16.7 Å². The van der Waals surface area contributed by atoms with Gasteiger partial charge in [-0.1, -0.05) is 30.4 Å². The van der Waals surface area contributed by atoms with E-state index >= 15 is 0 Å². The largest absolute Gasteiger partial charge is 0.534 e. The number of carbonyl (C=O) groups is 1. The lowest BCUT2D eigenvalue weighted by atomic mass is 9.83. The van der Waals surface area contributed by atoms with Crippen molar-refractivity contribution in [1.29, 1.82) is 0 Å². The van der Waals surface area contributed by atoms with E-state index in [1.54, 1.807) is 13.0 Å². The summed E-state index contributed by atoms with van der Waals surface area (Å²) in [5.74, 6) is -0.752. The molecule has 156 valence electrons. The van der Waals surface area contributed by atoms with Gasteiger partial charge in [0.15, 0.2) is 0 Å². The molecule has 0 amide bonds. The average molecular weight is 428 g/mol. The second-order valence-corrected chi connectivity index (χ2v) is 8.21. The van der Waals surface area contributed by atoms with Crippen LogP contribution in [-0.2, 0) is 26.1 Å². The van der Waals surface area contributed by atoms with Gasteiger partial charge in [0.25, 0.3) is 0 Å². The molecule has 0 saturated heterocycles. The lowest BCUT2D eigenvalue weighted by molar-refractivity contribution is -0.143. The topological polar surface area (TPSA) is 69.7 Å².